The first-order valence-corrected chi connectivity index (χ1v) is 11.0. The van der Waals surface area contributed by atoms with Crippen LogP contribution in [0, 0.1) is 0 Å². The van der Waals surface area contributed by atoms with E-state index < -0.39 is 22.2 Å². The smallest absolute Gasteiger partial charge is 0.252 e. The van der Waals surface area contributed by atoms with Gasteiger partial charge in [0.1, 0.15) is 13.2 Å². The number of benzene rings is 2. The van der Waals surface area contributed by atoms with Gasteiger partial charge < -0.3 is 19.6 Å². The van der Waals surface area contributed by atoms with Crippen molar-refractivity contribution in [3.63, 3.8) is 0 Å². The van der Waals surface area contributed by atoms with Gasteiger partial charge in [0, 0.05) is 35.1 Å². The van der Waals surface area contributed by atoms with E-state index in [4.69, 9.17) is 21.1 Å². The molecule has 3 aromatic rings. The quantitative estimate of drug-likeness (QED) is 0.595. The minimum Gasteiger partial charge on any atom is -0.486 e. The van der Waals surface area contributed by atoms with E-state index in [1.165, 1.54) is 24.3 Å². The molecule has 30 heavy (non-hydrogen) atoms. The zero-order valence-electron chi connectivity index (χ0n) is 15.8. The van der Waals surface area contributed by atoms with E-state index in [-0.39, 0.29) is 23.5 Å². The van der Waals surface area contributed by atoms with E-state index in [1.807, 2.05) is 0 Å². The zero-order valence-corrected chi connectivity index (χ0v) is 17.4. The minimum atomic E-state index is -3.95. The summed E-state index contributed by atoms with van der Waals surface area (Å²) < 4.78 is 38.2. The van der Waals surface area contributed by atoms with Crippen molar-refractivity contribution < 1.29 is 23.0 Å². The van der Waals surface area contributed by atoms with Crippen molar-refractivity contribution >= 4 is 32.5 Å². The summed E-state index contributed by atoms with van der Waals surface area (Å²) in [5.74, 6) is 1.11. The van der Waals surface area contributed by atoms with Crippen LogP contribution in [0.4, 0.5) is 0 Å². The second kappa shape index (κ2) is 8.27. The summed E-state index contributed by atoms with van der Waals surface area (Å²) in [6.07, 6.45) is 0. The van der Waals surface area contributed by atoms with Gasteiger partial charge in [0.25, 0.3) is 5.56 Å². The average molecular weight is 451 g/mol. The highest BCUT2D eigenvalue weighted by Crippen LogP contribution is 2.33. The van der Waals surface area contributed by atoms with Gasteiger partial charge in [-0.05, 0) is 36.4 Å². The van der Waals surface area contributed by atoms with E-state index in [2.05, 4.69) is 4.98 Å². The van der Waals surface area contributed by atoms with Crippen LogP contribution in [-0.2, 0) is 16.6 Å². The first-order valence-electron chi connectivity index (χ1n) is 9.20. The standard InChI is InChI=1S/C20H19ClN2O6S/c21-15-1-3-16(4-2-15)30(26,27)23(5-6-24)12-14-9-13-10-18-19(29-8-7-28-18)11-17(13)22-20(14)25/h1-4,9-11,24H,5-8,12H2,(H,22,25). The Labute approximate surface area is 177 Å². The van der Waals surface area contributed by atoms with Gasteiger partial charge in [-0.3, -0.25) is 4.79 Å². The van der Waals surface area contributed by atoms with Crippen molar-refractivity contribution in [2.24, 2.45) is 0 Å². The molecule has 1 aromatic heterocycles. The van der Waals surface area contributed by atoms with Crippen LogP contribution < -0.4 is 15.0 Å². The molecule has 10 heteroatoms. The third-order valence-corrected chi connectivity index (χ3v) is 6.84. The highest BCUT2D eigenvalue weighted by atomic mass is 35.5. The summed E-state index contributed by atoms with van der Waals surface area (Å²) in [6, 6.07) is 10.8. The fraction of sp³-hybridized carbons (Fsp3) is 0.250. The van der Waals surface area contributed by atoms with Crippen molar-refractivity contribution in [1.82, 2.24) is 9.29 Å². The van der Waals surface area contributed by atoms with Crippen molar-refractivity contribution in [3.05, 3.63) is 63.4 Å². The lowest BCUT2D eigenvalue weighted by Gasteiger charge is -2.22. The molecule has 1 aliphatic rings. The second-order valence-corrected chi connectivity index (χ2v) is 9.10. The fourth-order valence-electron chi connectivity index (χ4n) is 3.25. The molecule has 2 aromatic carbocycles. The summed E-state index contributed by atoms with van der Waals surface area (Å²) in [7, 11) is -3.95. The Kier molecular flexibility index (Phi) is 5.70. The third-order valence-electron chi connectivity index (χ3n) is 4.73. The number of hydrogen-bond donors (Lipinski definition) is 2. The number of ether oxygens (including phenoxy) is 2. The number of hydrogen-bond acceptors (Lipinski definition) is 6. The van der Waals surface area contributed by atoms with Gasteiger partial charge in [-0.25, -0.2) is 8.42 Å². The molecule has 2 N–H and O–H groups in total. The Morgan fingerprint density at radius 1 is 1.07 bits per heavy atom. The summed E-state index contributed by atoms with van der Waals surface area (Å²) in [5, 5.41) is 10.5. The number of nitrogens with one attached hydrogen (secondary N) is 1. The van der Waals surface area contributed by atoms with Gasteiger partial charge in [0.2, 0.25) is 10.0 Å². The summed E-state index contributed by atoms with van der Waals surface area (Å²) >= 11 is 5.85. The molecule has 0 atom stereocenters. The van der Waals surface area contributed by atoms with Crippen LogP contribution in [0.15, 0.2) is 52.2 Å². The first kappa shape index (κ1) is 20.7. The molecule has 1 aliphatic heterocycles. The second-order valence-electron chi connectivity index (χ2n) is 6.72. The van der Waals surface area contributed by atoms with Crippen LogP contribution in [0.3, 0.4) is 0 Å². The van der Waals surface area contributed by atoms with Crippen molar-refractivity contribution in [3.8, 4) is 11.5 Å². The largest absolute Gasteiger partial charge is 0.486 e. The predicted octanol–water partition coefficient (Wildman–Crippen LogP) is 2.14. The van der Waals surface area contributed by atoms with Gasteiger partial charge in [-0.15, -0.1) is 0 Å². The number of H-pyrrole nitrogens is 1. The topological polar surface area (TPSA) is 109 Å². The summed E-state index contributed by atoms with van der Waals surface area (Å²) in [5.41, 5.74) is 0.376. The number of aliphatic hydroxyl groups is 1. The number of pyridine rings is 1. The number of halogens is 1. The molecule has 8 nitrogen and oxygen atoms in total. The first-order chi connectivity index (χ1) is 14.4. The monoisotopic (exact) mass is 450 g/mol. The van der Waals surface area contributed by atoms with Gasteiger partial charge in [0.15, 0.2) is 11.5 Å². The molecule has 158 valence electrons. The number of rotatable bonds is 6. The molecule has 0 spiro atoms. The molecule has 0 aliphatic carbocycles. The highest BCUT2D eigenvalue weighted by Gasteiger charge is 2.25. The molecule has 0 fully saturated rings. The molecule has 0 saturated carbocycles. The van der Waals surface area contributed by atoms with E-state index in [0.717, 1.165) is 4.31 Å². The average Bonchev–Trinajstić information content (AvgIpc) is 2.73. The molecular formula is C20H19ClN2O6S. The fourth-order valence-corrected chi connectivity index (χ4v) is 4.78. The van der Waals surface area contributed by atoms with Gasteiger partial charge in [0.05, 0.1) is 17.0 Å². The molecule has 4 rings (SSSR count). The van der Waals surface area contributed by atoms with Gasteiger partial charge >= 0.3 is 0 Å². The van der Waals surface area contributed by atoms with Crippen molar-refractivity contribution in [1.29, 1.82) is 0 Å². The molecule has 0 radical (unpaired) electrons. The maximum atomic E-state index is 13.0. The maximum Gasteiger partial charge on any atom is 0.252 e. The molecular weight excluding hydrogens is 432 g/mol. The minimum absolute atomic E-state index is 0.0252. The third kappa shape index (κ3) is 4.01. The number of aliphatic hydroxyl groups excluding tert-OH is 1. The van der Waals surface area contributed by atoms with Crippen LogP contribution in [0.5, 0.6) is 11.5 Å². The van der Waals surface area contributed by atoms with Crippen LogP contribution in [0.2, 0.25) is 5.02 Å². The molecule has 2 heterocycles. The molecule has 0 saturated heterocycles. The SMILES string of the molecule is O=c1[nH]c2cc3c(cc2cc1CN(CCO)S(=O)(=O)c1ccc(Cl)cc1)OCCO3. The number of sulfonamides is 1. The Morgan fingerprint density at radius 2 is 1.73 bits per heavy atom. The zero-order chi connectivity index (χ0) is 21.3. The van der Waals surface area contributed by atoms with E-state index >= 15 is 0 Å². The molecule has 0 amide bonds. The Balaban J connectivity index is 1.71. The van der Waals surface area contributed by atoms with Gasteiger partial charge in [-0.2, -0.15) is 4.31 Å². The van der Waals surface area contributed by atoms with E-state index in [9.17, 15) is 18.3 Å². The van der Waals surface area contributed by atoms with Gasteiger partial charge in [-0.1, -0.05) is 11.6 Å². The number of fused-ring (bicyclic) bond motifs is 2. The Morgan fingerprint density at radius 3 is 2.40 bits per heavy atom. The highest BCUT2D eigenvalue weighted by molar-refractivity contribution is 7.89. The number of aromatic amines is 1. The Hall–Kier alpha value is -2.59. The van der Waals surface area contributed by atoms with Crippen LogP contribution in [0.1, 0.15) is 5.56 Å². The summed E-state index contributed by atoms with van der Waals surface area (Å²) in [6.45, 7) is 0.101. The number of aromatic nitrogens is 1. The van der Waals surface area contributed by atoms with Crippen LogP contribution in [0.25, 0.3) is 10.9 Å². The molecule has 0 unspecified atom stereocenters. The molecule has 0 bridgehead atoms. The van der Waals surface area contributed by atoms with Crippen LogP contribution in [-0.4, -0.2) is 49.2 Å². The number of nitrogens with zero attached hydrogens (tertiary/aromatic N) is 1. The van der Waals surface area contributed by atoms with E-state index in [0.29, 0.717) is 40.6 Å². The lowest BCUT2D eigenvalue weighted by Crippen LogP contribution is -2.35. The normalized spacial score (nSPS) is 13.7. The van der Waals surface area contributed by atoms with Crippen LogP contribution >= 0.6 is 11.6 Å². The van der Waals surface area contributed by atoms with Crippen molar-refractivity contribution in [2.45, 2.75) is 11.4 Å². The lowest BCUT2D eigenvalue weighted by atomic mass is 10.1. The lowest BCUT2D eigenvalue weighted by molar-refractivity contribution is 0.172. The van der Waals surface area contributed by atoms with E-state index in [1.54, 1.807) is 18.2 Å². The van der Waals surface area contributed by atoms with Crippen molar-refractivity contribution in [2.75, 3.05) is 26.4 Å². The summed E-state index contributed by atoms with van der Waals surface area (Å²) in [4.78, 5) is 15.4. The maximum absolute atomic E-state index is 13.0. The predicted molar refractivity (Wildman–Crippen MR) is 112 cm³/mol. The Bertz CT molecular complexity index is 1240.